The van der Waals surface area contributed by atoms with Crippen molar-refractivity contribution in [3.05, 3.63) is 0 Å². The van der Waals surface area contributed by atoms with E-state index in [0.29, 0.717) is 4.90 Å². The van der Waals surface area contributed by atoms with Gasteiger partial charge in [-0.25, -0.2) is 18.5 Å². The number of piperazine rings is 1. The molecule has 152 valence electrons. The topological polar surface area (TPSA) is 50.8 Å². The third-order valence-corrected chi connectivity index (χ3v) is 10.3. The van der Waals surface area contributed by atoms with Crippen LogP contribution >= 0.6 is 0 Å². The summed E-state index contributed by atoms with van der Waals surface area (Å²) in [7, 11) is -2.09. The molecule has 2 rings (SSSR count). The van der Waals surface area contributed by atoms with Crippen LogP contribution in [0.15, 0.2) is 0 Å². The van der Waals surface area contributed by atoms with Gasteiger partial charge in [0.15, 0.2) is 8.32 Å². The smallest absolute Gasteiger partial charge is 0.415 e. The van der Waals surface area contributed by atoms with Crippen molar-refractivity contribution in [2.75, 3.05) is 13.2 Å². The first-order chi connectivity index (χ1) is 11.5. The van der Waals surface area contributed by atoms with E-state index >= 15 is 8.78 Å². The Morgan fingerprint density at radius 3 is 2.27 bits per heavy atom. The average Bonchev–Trinajstić information content (AvgIpc) is 2.61. The predicted molar refractivity (Wildman–Crippen MR) is 99.9 cm³/mol. The lowest BCUT2D eigenvalue weighted by Crippen LogP contribution is -2.71. The Morgan fingerprint density at radius 1 is 1.19 bits per heavy atom. The first-order valence-electron chi connectivity index (χ1n) is 9.30. The van der Waals surface area contributed by atoms with Crippen LogP contribution in [0.1, 0.15) is 54.4 Å². The van der Waals surface area contributed by atoms with Crippen molar-refractivity contribution >= 4 is 14.4 Å². The summed E-state index contributed by atoms with van der Waals surface area (Å²) in [5.74, 6) is -4.22. The van der Waals surface area contributed by atoms with E-state index in [0.717, 1.165) is 0 Å². The Kier molecular flexibility index (Phi) is 5.32. The van der Waals surface area contributed by atoms with Gasteiger partial charge in [0.2, 0.25) is 11.6 Å². The molecule has 0 radical (unpaired) electrons. The summed E-state index contributed by atoms with van der Waals surface area (Å²) >= 11 is 0. The standard InChI is InChI=1S/C18H34F2N2O3Si/c1-15(2,3)25-14(23)22-17(19)9-10-18(22,20)13(21-12-17)11-24-26(7,8)16(4,5)6/h13,21H,9-12H2,1-8H3/t13-,17-,18+/m1/s1. The molecule has 0 saturated carbocycles. The van der Waals surface area contributed by atoms with Crippen LogP contribution in [0.5, 0.6) is 0 Å². The number of amides is 1. The Balaban J connectivity index is 2.20. The molecule has 3 atom stereocenters. The molecule has 0 aliphatic carbocycles. The van der Waals surface area contributed by atoms with E-state index in [9.17, 15) is 4.79 Å². The van der Waals surface area contributed by atoms with Crippen LogP contribution in [0.25, 0.3) is 0 Å². The molecule has 2 bridgehead atoms. The molecule has 5 nitrogen and oxygen atoms in total. The molecule has 0 aromatic heterocycles. The van der Waals surface area contributed by atoms with Crippen LogP contribution in [-0.4, -0.2) is 55.7 Å². The van der Waals surface area contributed by atoms with Crippen molar-refractivity contribution in [1.82, 2.24) is 10.2 Å². The van der Waals surface area contributed by atoms with Crippen LogP contribution in [-0.2, 0) is 9.16 Å². The minimum absolute atomic E-state index is 0.0183. The molecule has 1 amide bonds. The maximum atomic E-state index is 15.9. The molecule has 2 aliphatic heterocycles. The highest BCUT2D eigenvalue weighted by Crippen LogP contribution is 2.49. The molecular weight excluding hydrogens is 358 g/mol. The van der Waals surface area contributed by atoms with E-state index in [1.165, 1.54) is 0 Å². The number of hydrogen-bond acceptors (Lipinski definition) is 4. The second-order valence-corrected chi connectivity index (χ2v) is 14.9. The van der Waals surface area contributed by atoms with Crippen LogP contribution in [0.4, 0.5) is 13.6 Å². The summed E-state index contributed by atoms with van der Waals surface area (Å²) in [5.41, 5.74) is -0.818. The van der Waals surface area contributed by atoms with E-state index < -0.39 is 37.6 Å². The van der Waals surface area contributed by atoms with E-state index in [1.54, 1.807) is 20.8 Å². The van der Waals surface area contributed by atoms with Gasteiger partial charge >= 0.3 is 6.09 Å². The zero-order valence-corrected chi connectivity index (χ0v) is 18.3. The number of halogens is 2. The summed E-state index contributed by atoms with van der Waals surface area (Å²) in [4.78, 5) is 13.2. The van der Waals surface area contributed by atoms with Crippen molar-refractivity contribution in [2.45, 2.75) is 95.7 Å². The molecule has 2 fully saturated rings. The Morgan fingerprint density at radius 2 is 1.77 bits per heavy atom. The molecule has 2 aliphatic rings. The zero-order chi connectivity index (χ0) is 20.2. The van der Waals surface area contributed by atoms with Gasteiger partial charge in [0.25, 0.3) is 0 Å². The Bertz CT molecular complexity index is 562. The van der Waals surface area contributed by atoms with Gasteiger partial charge in [-0.3, -0.25) is 0 Å². The summed E-state index contributed by atoms with van der Waals surface area (Å²) in [6, 6.07) is -0.782. The molecule has 2 heterocycles. The molecule has 26 heavy (non-hydrogen) atoms. The number of ether oxygens (including phenoxy) is 1. The molecule has 0 aromatic rings. The number of nitrogens with zero attached hydrogens (tertiary/aromatic N) is 1. The molecule has 2 saturated heterocycles. The van der Waals surface area contributed by atoms with E-state index in [1.807, 2.05) is 0 Å². The molecule has 0 aromatic carbocycles. The van der Waals surface area contributed by atoms with Crippen molar-refractivity contribution in [3.63, 3.8) is 0 Å². The number of nitrogens with one attached hydrogen (secondary N) is 1. The van der Waals surface area contributed by atoms with E-state index in [4.69, 9.17) is 9.16 Å². The number of carbonyl (C=O) groups excluding carboxylic acids is 1. The fraction of sp³-hybridized carbons (Fsp3) is 0.944. The van der Waals surface area contributed by atoms with Crippen molar-refractivity contribution in [1.29, 1.82) is 0 Å². The van der Waals surface area contributed by atoms with Gasteiger partial charge in [-0.2, -0.15) is 0 Å². The predicted octanol–water partition coefficient (Wildman–Crippen LogP) is 4.34. The SMILES string of the molecule is CC(C)(C)OC(=O)N1[C@]2(F)CC[C@@]1(F)[C@@H](CO[Si](C)(C)C(C)(C)C)NC2. The summed E-state index contributed by atoms with van der Waals surface area (Å²) in [6.07, 6.45) is -1.06. The number of hydrogen-bond donors (Lipinski definition) is 1. The highest BCUT2D eigenvalue weighted by atomic mass is 28.4. The van der Waals surface area contributed by atoms with Gasteiger partial charge < -0.3 is 14.5 Å². The maximum Gasteiger partial charge on any atom is 0.415 e. The molecular formula is C18H34F2N2O3Si. The van der Waals surface area contributed by atoms with Gasteiger partial charge in [-0.15, -0.1) is 0 Å². The number of rotatable bonds is 3. The number of fused-ring (bicyclic) bond motifs is 2. The highest BCUT2D eigenvalue weighted by molar-refractivity contribution is 6.74. The summed E-state index contributed by atoms with van der Waals surface area (Å²) in [6.45, 7) is 15.5. The Hall–Kier alpha value is -0.733. The minimum Gasteiger partial charge on any atom is -0.444 e. The third-order valence-electron chi connectivity index (χ3n) is 5.78. The number of alkyl halides is 2. The first kappa shape index (κ1) is 21.6. The van der Waals surface area contributed by atoms with Gasteiger partial charge in [0.05, 0.1) is 12.6 Å². The van der Waals surface area contributed by atoms with E-state index in [2.05, 4.69) is 39.2 Å². The first-order valence-corrected chi connectivity index (χ1v) is 12.2. The van der Waals surface area contributed by atoms with Gasteiger partial charge in [-0.1, -0.05) is 20.8 Å². The zero-order valence-electron chi connectivity index (χ0n) is 17.3. The van der Waals surface area contributed by atoms with Crippen molar-refractivity contribution in [3.8, 4) is 0 Å². The fourth-order valence-corrected chi connectivity index (χ4v) is 4.19. The lowest BCUT2D eigenvalue weighted by Gasteiger charge is -2.48. The van der Waals surface area contributed by atoms with E-state index in [-0.39, 0.29) is 31.0 Å². The molecule has 1 N–H and O–H groups in total. The monoisotopic (exact) mass is 392 g/mol. The lowest BCUT2D eigenvalue weighted by molar-refractivity contribution is -0.147. The summed E-state index contributed by atoms with van der Waals surface area (Å²) < 4.78 is 42.5. The van der Waals surface area contributed by atoms with Crippen LogP contribution < -0.4 is 5.32 Å². The second kappa shape index (κ2) is 6.41. The van der Waals surface area contributed by atoms with Gasteiger partial charge in [-0.05, 0) is 38.9 Å². The van der Waals surface area contributed by atoms with Gasteiger partial charge in [0.1, 0.15) is 5.60 Å². The average molecular weight is 393 g/mol. The largest absolute Gasteiger partial charge is 0.444 e. The van der Waals surface area contributed by atoms with Crippen LogP contribution in [0.2, 0.25) is 18.1 Å². The highest BCUT2D eigenvalue weighted by Gasteiger charge is 2.66. The third kappa shape index (κ3) is 3.92. The maximum absolute atomic E-state index is 15.9. The Labute approximate surface area is 156 Å². The quantitative estimate of drug-likeness (QED) is 0.573. The molecule has 0 spiro atoms. The lowest BCUT2D eigenvalue weighted by atomic mass is 10.0. The van der Waals surface area contributed by atoms with Crippen molar-refractivity contribution in [2.24, 2.45) is 0 Å². The van der Waals surface area contributed by atoms with Crippen molar-refractivity contribution < 1.29 is 22.7 Å². The fourth-order valence-electron chi connectivity index (χ4n) is 3.17. The van der Waals surface area contributed by atoms with Gasteiger partial charge in [0, 0.05) is 19.4 Å². The second-order valence-electron chi connectivity index (χ2n) is 10.1. The molecule has 0 unspecified atom stereocenters. The molecule has 8 heteroatoms. The normalized spacial score (nSPS) is 32.7. The van der Waals surface area contributed by atoms with Crippen LogP contribution in [0.3, 0.4) is 0 Å². The minimum atomic E-state index is -2.16. The van der Waals surface area contributed by atoms with Crippen LogP contribution in [0, 0.1) is 0 Å². The summed E-state index contributed by atoms with van der Waals surface area (Å²) in [5, 5.41) is 2.91. The number of carbonyl (C=O) groups is 1.